The molecule has 0 aliphatic rings. The van der Waals surface area contributed by atoms with Gasteiger partial charge in [-0.25, -0.2) is 0 Å². The SMILES string of the molecule is Cc1cc(NC(=O)c2ccccc2C)ccc1C#N. The highest BCUT2D eigenvalue weighted by Gasteiger charge is 2.09. The molecule has 0 saturated carbocycles. The van der Waals surface area contributed by atoms with Crippen molar-refractivity contribution in [2.75, 3.05) is 5.32 Å². The summed E-state index contributed by atoms with van der Waals surface area (Å²) in [5.74, 6) is -0.137. The first-order valence-corrected chi connectivity index (χ1v) is 5.99. The molecule has 0 radical (unpaired) electrons. The van der Waals surface area contributed by atoms with Crippen molar-refractivity contribution in [2.24, 2.45) is 0 Å². The zero-order chi connectivity index (χ0) is 13.8. The Morgan fingerprint density at radius 3 is 2.47 bits per heavy atom. The molecule has 0 heterocycles. The number of nitrogens with zero attached hydrogens (tertiary/aromatic N) is 1. The minimum Gasteiger partial charge on any atom is -0.322 e. The van der Waals surface area contributed by atoms with Gasteiger partial charge in [0.05, 0.1) is 11.6 Å². The third-order valence-electron chi connectivity index (χ3n) is 2.99. The number of carbonyl (C=O) groups is 1. The molecule has 19 heavy (non-hydrogen) atoms. The molecule has 0 aliphatic heterocycles. The number of benzene rings is 2. The van der Waals surface area contributed by atoms with Crippen LogP contribution in [0.4, 0.5) is 5.69 Å². The van der Waals surface area contributed by atoms with Gasteiger partial charge >= 0.3 is 0 Å². The molecule has 3 nitrogen and oxygen atoms in total. The number of nitriles is 1. The number of hydrogen-bond acceptors (Lipinski definition) is 2. The lowest BCUT2D eigenvalue weighted by Gasteiger charge is -2.08. The number of rotatable bonds is 2. The van der Waals surface area contributed by atoms with Crippen molar-refractivity contribution in [1.29, 1.82) is 5.26 Å². The molecule has 94 valence electrons. The van der Waals surface area contributed by atoms with Crippen molar-refractivity contribution in [1.82, 2.24) is 0 Å². The van der Waals surface area contributed by atoms with E-state index >= 15 is 0 Å². The average Bonchev–Trinajstić information content (AvgIpc) is 2.39. The zero-order valence-electron chi connectivity index (χ0n) is 10.9. The summed E-state index contributed by atoms with van der Waals surface area (Å²) >= 11 is 0. The van der Waals surface area contributed by atoms with E-state index in [4.69, 9.17) is 5.26 Å². The highest BCUT2D eigenvalue weighted by molar-refractivity contribution is 6.05. The second kappa shape index (κ2) is 5.36. The Balaban J connectivity index is 2.23. The van der Waals surface area contributed by atoms with Crippen LogP contribution in [0.3, 0.4) is 0 Å². The molecular weight excluding hydrogens is 236 g/mol. The smallest absolute Gasteiger partial charge is 0.255 e. The Labute approximate surface area is 112 Å². The maximum absolute atomic E-state index is 12.1. The summed E-state index contributed by atoms with van der Waals surface area (Å²) in [7, 11) is 0. The summed E-state index contributed by atoms with van der Waals surface area (Å²) in [6, 6.07) is 14.8. The third-order valence-corrected chi connectivity index (χ3v) is 2.99. The summed E-state index contributed by atoms with van der Waals surface area (Å²) in [5.41, 5.74) is 3.76. The Morgan fingerprint density at radius 2 is 1.84 bits per heavy atom. The summed E-state index contributed by atoms with van der Waals surface area (Å²) in [6.07, 6.45) is 0. The molecule has 2 aromatic rings. The van der Waals surface area contributed by atoms with Crippen molar-refractivity contribution in [3.63, 3.8) is 0 Å². The van der Waals surface area contributed by atoms with Gasteiger partial charge in [0.2, 0.25) is 0 Å². The number of anilines is 1. The van der Waals surface area contributed by atoms with E-state index in [1.807, 2.05) is 32.0 Å². The molecule has 0 aliphatic carbocycles. The molecule has 0 bridgehead atoms. The average molecular weight is 250 g/mol. The van der Waals surface area contributed by atoms with Crippen LogP contribution in [0, 0.1) is 25.2 Å². The Hall–Kier alpha value is -2.60. The van der Waals surface area contributed by atoms with Crippen LogP contribution >= 0.6 is 0 Å². The van der Waals surface area contributed by atoms with Crippen LogP contribution in [-0.4, -0.2) is 5.91 Å². The quantitative estimate of drug-likeness (QED) is 0.887. The fraction of sp³-hybridized carbons (Fsp3) is 0.125. The molecule has 0 aromatic heterocycles. The van der Waals surface area contributed by atoms with Gasteiger partial charge in [0, 0.05) is 11.3 Å². The van der Waals surface area contributed by atoms with Gasteiger partial charge < -0.3 is 5.32 Å². The van der Waals surface area contributed by atoms with E-state index in [0.717, 1.165) is 11.1 Å². The summed E-state index contributed by atoms with van der Waals surface area (Å²) < 4.78 is 0. The Kier molecular flexibility index (Phi) is 3.63. The number of amides is 1. The molecule has 0 fully saturated rings. The molecule has 3 heteroatoms. The van der Waals surface area contributed by atoms with Gasteiger partial charge in [-0.1, -0.05) is 18.2 Å². The maximum atomic E-state index is 12.1. The summed E-state index contributed by atoms with van der Waals surface area (Å²) in [4.78, 5) is 12.1. The standard InChI is InChI=1S/C16H14N2O/c1-11-5-3-4-6-15(11)16(19)18-14-8-7-13(10-17)12(2)9-14/h3-9H,1-2H3,(H,18,19). The lowest BCUT2D eigenvalue weighted by atomic mass is 10.1. The second-order valence-electron chi connectivity index (χ2n) is 4.41. The van der Waals surface area contributed by atoms with Crippen LogP contribution in [0.25, 0.3) is 0 Å². The predicted octanol–water partition coefficient (Wildman–Crippen LogP) is 3.43. The van der Waals surface area contributed by atoms with Gasteiger partial charge in [0.25, 0.3) is 5.91 Å². The number of aryl methyl sites for hydroxylation is 2. The lowest BCUT2D eigenvalue weighted by Crippen LogP contribution is -2.13. The first kappa shape index (κ1) is 12.8. The number of carbonyl (C=O) groups excluding carboxylic acids is 1. The lowest BCUT2D eigenvalue weighted by molar-refractivity contribution is 0.102. The topological polar surface area (TPSA) is 52.9 Å². The van der Waals surface area contributed by atoms with Crippen LogP contribution in [-0.2, 0) is 0 Å². The van der Waals surface area contributed by atoms with Crippen LogP contribution in [0.1, 0.15) is 27.0 Å². The first-order valence-electron chi connectivity index (χ1n) is 5.99. The van der Waals surface area contributed by atoms with Gasteiger partial charge in [-0.3, -0.25) is 4.79 Å². The van der Waals surface area contributed by atoms with E-state index in [0.29, 0.717) is 16.8 Å². The minimum absolute atomic E-state index is 0.137. The number of nitrogens with one attached hydrogen (secondary N) is 1. The van der Waals surface area contributed by atoms with Gasteiger partial charge in [-0.05, 0) is 49.2 Å². The molecule has 0 unspecified atom stereocenters. The largest absolute Gasteiger partial charge is 0.322 e. The monoisotopic (exact) mass is 250 g/mol. The van der Waals surface area contributed by atoms with Crippen molar-refractivity contribution >= 4 is 11.6 Å². The molecule has 0 atom stereocenters. The van der Waals surface area contributed by atoms with E-state index in [1.165, 1.54) is 0 Å². The molecule has 0 saturated heterocycles. The fourth-order valence-electron chi connectivity index (χ4n) is 1.89. The van der Waals surface area contributed by atoms with Crippen molar-refractivity contribution in [3.05, 3.63) is 64.7 Å². The third kappa shape index (κ3) is 2.80. The highest BCUT2D eigenvalue weighted by atomic mass is 16.1. The molecule has 1 N–H and O–H groups in total. The van der Waals surface area contributed by atoms with Crippen LogP contribution in [0.2, 0.25) is 0 Å². The molecule has 1 amide bonds. The Morgan fingerprint density at radius 1 is 1.11 bits per heavy atom. The van der Waals surface area contributed by atoms with E-state index < -0.39 is 0 Å². The van der Waals surface area contributed by atoms with Gasteiger partial charge in [0.15, 0.2) is 0 Å². The molecule has 2 rings (SSSR count). The van der Waals surface area contributed by atoms with Crippen LogP contribution in [0.5, 0.6) is 0 Å². The zero-order valence-corrected chi connectivity index (χ0v) is 10.9. The first-order chi connectivity index (χ1) is 9.11. The highest BCUT2D eigenvalue weighted by Crippen LogP contribution is 2.16. The van der Waals surface area contributed by atoms with Crippen molar-refractivity contribution in [3.8, 4) is 6.07 Å². The fourth-order valence-corrected chi connectivity index (χ4v) is 1.89. The van der Waals surface area contributed by atoms with E-state index in [1.54, 1.807) is 24.3 Å². The molecule has 0 spiro atoms. The van der Waals surface area contributed by atoms with E-state index in [2.05, 4.69) is 11.4 Å². The van der Waals surface area contributed by atoms with Crippen molar-refractivity contribution in [2.45, 2.75) is 13.8 Å². The van der Waals surface area contributed by atoms with E-state index in [-0.39, 0.29) is 5.91 Å². The van der Waals surface area contributed by atoms with Gasteiger partial charge in [0.1, 0.15) is 0 Å². The summed E-state index contributed by atoms with van der Waals surface area (Å²) in [5, 5.41) is 11.7. The van der Waals surface area contributed by atoms with Gasteiger partial charge in [-0.15, -0.1) is 0 Å². The van der Waals surface area contributed by atoms with Crippen LogP contribution < -0.4 is 5.32 Å². The predicted molar refractivity (Wildman–Crippen MR) is 75.0 cm³/mol. The maximum Gasteiger partial charge on any atom is 0.255 e. The minimum atomic E-state index is -0.137. The molecular formula is C16H14N2O. The van der Waals surface area contributed by atoms with Crippen molar-refractivity contribution < 1.29 is 4.79 Å². The van der Waals surface area contributed by atoms with Gasteiger partial charge in [-0.2, -0.15) is 5.26 Å². The number of hydrogen-bond donors (Lipinski definition) is 1. The van der Waals surface area contributed by atoms with E-state index in [9.17, 15) is 4.79 Å². The Bertz CT molecular complexity index is 669. The second-order valence-corrected chi connectivity index (χ2v) is 4.41. The molecule has 2 aromatic carbocycles. The summed E-state index contributed by atoms with van der Waals surface area (Å²) in [6.45, 7) is 3.75. The van der Waals surface area contributed by atoms with Crippen LogP contribution in [0.15, 0.2) is 42.5 Å². The normalized spacial score (nSPS) is 9.74.